The van der Waals surface area contributed by atoms with Crippen LogP contribution in [0.1, 0.15) is 11.1 Å². The molecule has 1 nitrogen and oxygen atoms in total. The van der Waals surface area contributed by atoms with Crippen LogP contribution in [0.15, 0.2) is 71.9 Å². The molecule has 0 aliphatic rings. The highest BCUT2D eigenvalue weighted by molar-refractivity contribution is 7.08. The van der Waals surface area contributed by atoms with Gasteiger partial charge in [-0.2, -0.15) is 11.3 Å². The SMILES string of the molecule is C=Cc1ccc(OCc2ccccc2)c(-c2ccsc2)c1. The van der Waals surface area contributed by atoms with Crippen molar-refractivity contribution in [3.63, 3.8) is 0 Å². The number of thiophene rings is 1. The molecule has 0 aliphatic heterocycles. The van der Waals surface area contributed by atoms with E-state index in [2.05, 4.69) is 41.6 Å². The second kappa shape index (κ2) is 6.42. The van der Waals surface area contributed by atoms with Crippen LogP contribution in [0, 0.1) is 0 Å². The molecule has 0 spiro atoms. The Hall–Kier alpha value is -2.32. The topological polar surface area (TPSA) is 9.23 Å². The van der Waals surface area contributed by atoms with Gasteiger partial charge in [-0.05, 0) is 45.6 Å². The molecular formula is C19H16OS. The lowest BCUT2D eigenvalue weighted by molar-refractivity contribution is 0.307. The van der Waals surface area contributed by atoms with E-state index in [0.29, 0.717) is 6.61 Å². The molecule has 3 rings (SSSR count). The summed E-state index contributed by atoms with van der Waals surface area (Å²) in [5.74, 6) is 0.905. The van der Waals surface area contributed by atoms with Crippen LogP contribution in [0.5, 0.6) is 5.75 Å². The summed E-state index contributed by atoms with van der Waals surface area (Å²) in [6, 6.07) is 18.5. The summed E-state index contributed by atoms with van der Waals surface area (Å²) in [7, 11) is 0. The lowest BCUT2D eigenvalue weighted by Crippen LogP contribution is -1.96. The van der Waals surface area contributed by atoms with Crippen molar-refractivity contribution in [1.29, 1.82) is 0 Å². The van der Waals surface area contributed by atoms with Gasteiger partial charge in [-0.15, -0.1) is 0 Å². The Morgan fingerprint density at radius 2 is 1.90 bits per heavy atom. The van der Waals surface area contributed by atoms with Crippen molar-refractivity contribution < 1.29 is 4.74 Å². The first-order valence-electron chi connectivity index (χ1n) is 6.82. The van der Waals surface area contributed by atoms with Crippen LogP contribution >= 0.6 is 11.3 Å². The summed E-state index contributed by atoms with van der Waals surface area (Å²) < 4.78 is 6.02. The van der Waals surface area contributed by atoms with E-state index in [1.807, 2.05) is 36.4 Å². The zero-order valence-electron chi connectivity index (χ0n) is 11.7. The highest BCUT2D eigenvalue weighted by Crippen LogP contribution is 2.33. The summed E-state index contributed by atoms with van der Waals surface area (Å²) in [6.07, 6.45) is 1.86. The summed E-state index contributed by atoms with van der Waals surface area (Å²) in [5, 5.41) is 4.22. The molecule has 0 amide bonds. The number of hydrogen-bond donors (Lipinski definition) is 0. The minimum atomic E-state index is 0.575. The van der Waals surface area contributed by atoms with E-state index in [0.717, 1.165) is 16.9 Å². The van der Waals surface area contributed by atoms with Crippen LogP contribution < -0.4 is 4.74 Å². The Labute approximate surface area is 129 Å². The molecule has 0 N–H and O–H groups in total. The predicted octanol–water partition coefficient (Wildman–Crippen LogP) is 5.64. The second-order valence-electron chi connectivity index (χ2n) is 4.75. The van der Waals surface area contributed by atoms with Gasteiger partial charge in [0.15, 0.2) is 0 Å². The molecule has 0 aliphatic carbocycles. The molecule has 104 valence electrons. The Morgan fingerprint density at radius 1 is 1.05 bits per heavy atom. The zero-order chi connectivity index (χ0) is 14.5. The second-order valence-corrected chi connectivity index (χ2v) is 5.53. The first-order chi connectivity index (χ1) is 10.4. The van der Waals surface area contributed by atoms with Crippen LogP contribution in [0.4, 0.5) is 0 Å². The quantitative estimate of drug-likeness (QED) is 0.591. The average Bonchev–Trinajstić information content (AvgIpc) is 3.08. The van der Waals surface area contributed by atoms with Crippen molar-refractivity contribution >= 4 is 17.4 Å². The zero-order valence-corrected chi connectivity index (χ0v) is 12.5. The van der Waals surface area contributed by atoms with Crippen LogP contribution in [-0.2, 0) is 6.61 Å². The van der Waals surface area contributed by atoms with Gasteiger partial charge in [-0.1, -0.05) is 49.1 Å². The molecule has 0 saturated heterocycles. The van der Waals surface area contributed by atoms with E-state index >= 15 is 0 Å². The fraction of sp³-hybridized carbons (Fsp3) is 0.0526. The van der Waals surface area contributed by atoms with Crippen LogP contribution in [0.25, 0.3) is 17.2 Å². The third kappa shape index (κ3) is 3.23. The van der Waals surface area contributed by atoms with E-state index in [4.69, 9.17) is 4.74 Å². The molecule has 1 heterocycles. The van der Waals surface area contributed by atoms with E-state index in [9.17, 15) is 0 Å². The van der Waals surface area contributed by atoms with E-state index in [-0.39, 0.29) is 0 Å². The number of benzene rings is 2. The molecule has 0 saturated carbocycles. The largest absolute Gasteiger partial charge is 0.488 e. The van der Waals surface area contributed by atoms with E-state index in [1.54, 1.807) is 11.3 Å². The maximum atomic E-state index is 6.02. The minimum absolute atomic E-state index is 0.575. The molecule has 3 aromatic rings. The van der Waals surface area contributed by atoms with E-state index in [1.165, 1.54) is 11.1 Å². The Balaban J connectivity index is 1.89. The van der Waals surface area contributed by atoms with Crippen LogP contribution in [0.2, 0.25) is 0 Å². The molecule has 0 bridgehead atoms. The van der Waals surface area contributed by atoms with Gasteiger partial charge >= 0.3 is 0 Å². The van der Waals surface area contributed by atoms with Gasteiger partial charge in [0, 0.05) is 5.56 Å². The molecule has 2 heteroatoms. The number of hydrogen-bond acceptors (Lipinski definition) is 2. The number of ether oxygens (including phenoxy) is 1. The Morgan fingerprint density at radius 3 is 2.62 bits per heavy atom. The Kier molecular flexibility index (Phi) is 4.17. The fourth-order valence-electron chi connectivity index (χ4n) is 2.18. The van der Waals surface area contributed by atoms with E-state index < -0.39 is 0 Å². The maximum Gasteiger partial charge on any atom is 0.127 e. The molecular weight excluding hydrogens is 276 g/mol. The standard InChI is InChI=1S/C19H16OS/c1-2-15-8-9-19(18(12-15)17-10-11-21-14-17)20-13-16-6-4-3-5-7-16/h2-12,14H,1,13H2. The predicted molar refractivity (Wildman–Crippen MR) is 90.6 cm³/mol. The summed E-state index contributed by atoms with van der Waals surface area (Å²) in [6.45, 7) is 4.41. The third-order valence-electron chi connectivity index (χ3n) is 3.31. The lowest BCUT2D eigenvalue weighted by Gasteiger charge is -2.12. The first kappa shape index (κ1) is 13.7. The molecule has 21 heavy (non-hydrogen) atoms. The van der Waals surface area contributed by atoms with Crippen molar-refractivity contribution in [2.45, 2.75) is 6.61 Å². The molecule has 0 atom stereocenters. The normalized spacial score (nSPS) is 10.3. The minimum Gasteiger partial charge on any atom is -0.488 e. The smallest absolute Gasteiger partial charge is 0.127 e. The monoisotopic (exact) mass is 292 g/mol. The van der Waals surface area contributed by atoms with Gasteiger partial charge in [-0.25, -0.2) is 0 Å². The molecule has 0 fully saturated rings. The van der Waals surface area contributed by atoms with Gasteiger partial charge < -0.3 is 4.74 Å². The van der Waals surface area contributed by atoms with Gasteiger partial charge in [0.25, 0.3) is 0 Å². The third-order valence-corrected chi connectivity index (χ3v) is 3.99. The van der Waals surface area contributed by atoms with Crippen molar-refractivity contribution in [1.82, 2.24) is 0 Å². The van der Waals surface area contributed by atoms with Gasteiger partial charge in [0.1, 0.15) is 12.4 Å². The van der Waals surface area contributed by atoms with Gasteiger partial charge in [-0.3, -0.25) is 0 Å². The lowest BCUT2D eigenvalue weighted by atomic mass is 10.0. The van der Waals surface area contributed by atoms with Gasteiger partial charge in [0.05, 0.1) is 0 Å². The maximum absolute atomic E-state index is 6.02. The highest BCUT2D eigenvalue weighted by Gasteiger charge is 2.08. The van der Waals surface area contributed by atoms with Crippen LogP contribution in [0.3, 0.4) is 0 Å². The Bertz CT molecular complexity index is 715. The van der Waals surface area contributed by atoms with Crippen molar-refractivity contribution in [3.8, 4) is 16.9 Å². The fourth-order valence-corrected chi connectivity index (χ4v) is 2.83. The summed E-state index contributed by atoms with van der Waals surface area (Å²) in [4.78, 5) is 0. The first-order valence-corrected chi connectivity index (χ1v) is 7.77. The molecule has 0 radical (unpaired) electrons. The molecule has 1 aromatic heterocycles. The summed E-state index contributed by atoms with van der Waals surface area (Å²) in [5.41, 5.74) is 4.57. The number of rotatable bonds is 5. The molecule has 2 aromatic carbocycles. The van der Waals surface area contributed by atoms with Crippen molar-refractivity contribution in [2.75, 3.05) is 0 Å². The summed E-state index contributed by atoms with van der Waals surface area (Å²) >= 11 is 1.69. The van der Waals surface area contributed by atoms with Crippen LogP contribution in [-0.4, -0.2) is 0 Å². The van der Waals surface area contributed by atoms with Crippen molar-refractivity contribution in [3.05, 3.63) is 83.1 Å². The molecule has 0 unspecified atom stereocenters. The van der Waals surface area contributed by atoms with Crippen molar-refractivity contribution in [2.24, 2.45) is 0 Å². The van der Waals surface area contributed by atoms with Gasteiger partial charge in [0.2, 0.25) is 0 Å². The average molecular weight is 292 g/mol. The highest BCUT2D eigenvalue weighted by atomic mass is 32.1.